The van der Waals surface area contributed by atoms with E-state index in [1.54, 1.807) is 24.0 Å². The number of nitrogens with zero attached hydrogens (tertiary/aromatic N) is 2. The van der Waals surface area contributed by atoms with E-state index in [1.807, 2.05) is 6.07 Å². The number of aryl methyl sites for hydroxylation is 2. The van der Waals surface area contributed by atoms with Gasteiger partial charge in [0.2, 0.25) is 0 Å². The second-order valence-corrected chi connectivity index (χ2v) is 5.35. The Morgan fingerprint density at radius 1 is 1.26 bits per heavy atom. The van der Waals surface area contributed by atoms with E-state index < -0.39 is 0 Å². The number of amidine groups is 1. The van der Waals surface area contributed by atoms with Crippen molar-refractivity contribution in [3.05, 3.63) is 53.3 Å². The lowest BCUT2D eigenvalue weighted by atomic mass is 10.2. The lowest BCUT2D eigenvalue weighted by Crippen LogP contribution is -2.14. The van der Waals surface area contributed by atoms with Crippen LogP contribution in [0.5, 0.6) is 0 Å². The van der Waals surface area contributed by atoms with E-state index in [9.17, 15) is 0 Å². The molecule has 0 aliphatic carbocycles. The molecule has 19 heavy (non-hydrogen) atoms. The average Bonchev–Trinajstić information content (AvgIpc) is 2.43. The van der Waals surface area contributed by atoms with Crippen molar-refractivity contribution in [1.29, 1.82) is 0 Å². The quantitative estimate of drug-likeness (QED) is 0.390. The van der Waals surface area contributed by atoms with Crippen molar-refractivity contribution >= 4 is 17.6 Å². The summed E-state index contributed by atoms with van der Waals surface area (Å²) in [5, 5.41) is 11.5. The summed E-state index contributed by atoms with van der Waals surface area (Å²) < 4.78 is 0. The standard InChI is InChI=1S/C14H15N3OS/c1-9-3-4-10(2)13(7-9)19-11-5-6-12(16-8-11)14(15)17-18/h3-8,18H,1-2H3,(H2,15,17). The fourth-order valence-electron chi connectivity index (χ4n) is 1.59. The van der Waals surface area contributed by atoms with Crippen molar-refractivity contribution in [2.45, 2.75) is 23.6 Å². The van der Waals surface area contributed by atoms with Crippen molar-refractivity contribution < 1.29 is 5.21 Å². The maximum absolute atomic E-state index is 8.58. The largest absolute Gasteiger partial charge is 0.409 e. The molecule has 0 aliphatic heterocycles. The van der Waals surface area contributed by atoms with E-state index in [-0.39, 0.29) is 5.84 Å². The maximum atomic E-state index is 8.58. The zero-order valence-electron chi connectivity index (χ0n) is 10.8. The van der Waals surface area contributed by atoms with Gasteiger partial charge in [-0.2, -0.15) is 0 Å². The first-order chi connectivity index (χ1) is 9.10. The minimum absolute atomic E-state index is 0.0169. The van der Waals surface area contributed by atoms with Crippen LogP contribution in [0, 0.1) is 13.8 Å². The van der Waals surface area contributed by atoms with Gasteiger partial charge in [0.1, 0.15) is 5.69 Å². The smallest absolute Gasteiger partial charge is 0.188 e. The van der Waals surface area contributed by atoms with Gasteiger partial charge in [0, 0.05) is 16.0 Å². The third-order valence-electron chi connectivity index (χ3n) is 2.68. The molecule has 2 aromatic rings. The van der Waals surface area contributed by atoms with Gasteiger partial charge < -0.3 is 10.9 Å². The molecule has 0 bridgehead atoms. The SMILES string of the molecule is Cc1ccc(C)c(Sc2ccc(/C(N)=N/O)nc2)c1. The second-order valence-electron chi connectivity index (χ2n) is 4.24. The van der Waals surface area contributed by atoms with Crippen molar-refractivity contribution in [1.82, 2.24) is 4.98 Å². The van der Waals surface area contributed by atoms with Crippen LogP contribution in [0.25, 0.3) is 0 Å². The lowest BCUT2D eigenvalue weighted by Gasteiger charge is -2.07. The van der Waals surface area contributed by atoms with E-state index in [2.05, 4.69) is 42.2 Å². The zero-order chi connectivity index (χ0) is 13.8. The average molecular weight is 273 g/mol. The highest BCUT2D eigenvalue weighted by atomic mass is 32.2. The van der Waals surface area contributed by atoms with Gasteiger partial charge in [0.25, 0.3) is 0 Å². The fraction of sp³-hybridized carbons (Fsp3) is 0.143. The molecule has 1 aromatic carbocycles. The van der Waals surface area contributed by atoms with Crippen LogP contribution in [0.4, 0.5) is 0 Å². The summed E-state index contributed by atoms with van der Waals surface area (Å²) in [6, 6.07) is 10.0. The number of oxime groups is 1. The second kappa shape index (κ2) is 5.75. The number of pyridine rings is 1. The van der Waals surface area contributed by atoms with Gasteiger partial charge >= 0.3 is 0 Å². The van der Waals surface area contributed by atoms with Crippen LogP contribution in [-0.4, -0.2) is 16.0 Å². The van der Waals surface area contributed by atoms with Gasteiger partial charge in [-0.3, -0.25) is 4.98 Å². The normalized spacial score (nSPS) is 11.6. The first kappa shape index (κ1) is 13.4. The van der Waals surface area contributed by atoms with E-state index >= 15 is 0 Å². The predicted molar refractivity (Wildman–Crippen MR) is 76.8 cm³/mol. The molecule has 0 amide bonds. The summed E-state index contributed by atoms with van der Waals surface area (Å²) >= 11 is 1.65. The van der Waals surface area contributed by atoms with Crippen molar-refractivity contribution in [3.63, 3.8) is 0 Å². The Hall–Kier alpha value is -2.01. The van der Waals surface area contributed by atoms with E-state index in [0.29, 0.717) is 5.69 Å². The van der Waals surface area contributed by atoms with Gasteiger partial charge in [-0.1, -0.05) is 29.1 Å². The van der Waals surface area contributed by atoms with Crippen LogP contribution in [0.2, 0.25) is 0 Å². The van der Waals surface area contributed by atoms with Gasteiger partial charge in [-0.05, 0) is 43.2 Å². The molecule has 0 spiro atoms. The molecule has 1 aromatic heterocycles. The molecule has 0 fully saturated rings. The number of hydrogen-bond donors (Lipinski definition) is 2. The summed E-state index contributed by atoms with van der Waals surface area (Å²) in [6.07, 6.45) is 1.72. The van der Waals surface area contributed by atoms with Crippen LogP contribution in [0.1, 0.15) is 16.8 Å². The van der Waals surface area contributed by atoms with Gasteiger partial charge in [-0.25, -0.2) is 0 Å². The summed E-state index contributed by atoms with van der Waals surface area (Å²) in [7, 11) is 0. The van der Waals surface area contributed by atoms with Crippen LogP contribution in [0.15, 0.2) is 51.5 Å². The fourth-order valence-corrected chi connectivity index (χ4v) is 2.56. The Labute approximate surface area is 116 Å². The van der Waals surface area contributed by atoms with Crippen molar-refractivity contribution in [3.8, 4) is 0 Å². The van der Waals surface area contributed by atoms with Crippen molar-refractivity contribution in [2.24, 2.45) is 10.9 Å². The van der Waals surface area contributed by atoms with Crippen LogP contribution in [0.3, 0.4) is 0 Å². The monoisotopic (exact) mass is 273 g/mol. The van der Waals surface area contributed by atoms with Crippen LogP contribution < -0.4 is 5.73 Å². The van der Waals surface area contributed by atoms with Crippen LogP contribution >= 0.6 is 11.8 Å². The first-order valence-corrected chi connectivity index (χ1v) is 6.61. The minimum Gasteiger partial charge on any atom is -0.409 e. The van der Waals surface area contributed by atoms with E-state index in [0.717, 1.165) is 4.90 Å². The number of rotatable bonds is 3. The Balaban J connectivity index is 2.22. The van der Waals surface area contributed by atoms with E-state index in [4.69, 9.17) is 10.9 Å². The molecule has 5 heteroatoms. The zero-order valence-corrected chi connectivity index (χ0v) is 11.6. The molecule has 0 saturated carbocycles. The van der Waals surface area contributed by atoms with Gasteiger partial charge in [0.15, 0.2) is 5.84 Å². The number of benzene rings is 1. The summed E-state index contributed by atoms with van der Waals surface area (Å²) in [4.78, 5) is 6.38. The first-order valence-electron chi connectivity index (χ1n) is 5.79. The topological polar surface area (TPSA) is 71.5 Å². The molecule has 3 N–H and O–H groups in total. The Morgan fingerprint density at radius 3 is 2.68 bits per heavy atom. The third kappa shape index (κ3) is 3.26. The lowest BCUT2D eigenvalue weighted by molar-refractivity contribution is 0.318. The molecule has 0 radical (unpaired) electrons. The molecule has 2 rings (SSSR count). The molecule has 0 atom stereocenters. The van der Waals surface area contributed by atoms with Crippen molar-refractivity contribution in [2.75, 3.05) is 0 Å². The molecule has 98 valence electrons. The van der Waals surface area contributed by atoms with Crippen LogP contribution in [-0.2, 0) is 0 Å². The maximum Gasteiger partial charge on any atom is 0.188 e. The highest BCUT2D eigenvalue weighted by Gasteiger charge is 2.04. The molecular formula is C14H15N3OS. The van der Waals surface area contributed by atoms with Gasteiger partial charge in [-0.15, -0.1) is 0 Å². The van der Waals surface area contributed by atoms with Gasteiger partial charge in [0.05, 0.1) is 0 Å². The Bertz CT molecular complexity index is 609. The predicted octanol–water partition coefficient (Wildman–Crippen LogP) is 2.94. The number of hydrogen-bond acceptors (Lipinski definition) is 4. The molecule has 1 heterocycles. The minimum atomic E-state index is 0.0169. The highest BCUT2D eigenvalue weighted by molar-refractivity contribution is 7.99. The van der Waals surface area contributed by atoms with E-state index in [1.165, 1.54) is 16.0 Å². The summed E-state index contributed by atoms with van der Waals surface area (Å²) in [5.74, 6) is 0.0169. The third-order valence-corrected chi connectivity index (χ3v) is 3.81. The highest BCUT2D eigenvalue weighted by Crippen LogP contribution is 2.30. The molecule has 0 aliphatic rings. The number of aromatic nitrogens is 1. The number of nitrogens with two attached hydrogens (primary N) is 1. The Morgan fingerprint density at radius 2 is 2.05 bits per heavy atom. The molecule has 0 saturated heterocycles. The molecule has 0 unspecified atom stereocenters. The summed E-state index contributed by atoms with van der Waals surface area (Å²) in [5.41, 5.74) is 8.40. The molecule has 4 nitrogen and oxygen atoms in total. The summed E-state index contributed by atoms with van der Waals surface area (Å²) in [6.45, 7) is 4.16. The Kier molecular flexibility index (Phi) is 4.06. The molecular weight excluding hydrogens is 258 g/mol.